The van der Waals surface area contributed by atoms with Gasteiger partial charge in [0.1, 0.15) is 0 Å². The van der Waals surface area contributed by atoms with Crippen molar-refractivity contribution in [3.63, 3.8) is 0 Å². The maximum absolute atomic E-state index is 10.9. The molecule has 0 bridgehead atoms. The molecule has 4 heteroatoms. The maximum Gasteiger partial charge on any atom is 1.00 e. The number of hydrogen-bond donors (Lipinski definition) is 0. The molecule has 35 heavy (non-hydrogen) atoms. The molecule has 0 amide bonds. The Balaban J connectivity index is 0. The van der Waals surface area contributed by atoms with Crippen LogP contribution in [0.15, 0.2) is 0 Å². The first kappa shape index (κ1) is 37.2. The molecule has 0 aromatic heterocycles. The van der Waals surface area contributed by atoms with E-state index in [-0.39, 0.29) is 25.3 Å². The molecule has 0 unspecified atom stereocenters. The number of carboxylic acid groups (broad SMARTS) is 1. The van der Waals surface area contributed by atoms with E-state index in [1.807, 2.05) is 0 Å². The molecule has 0 spiro atoms. The van der Waals surface area contributed by atoms with Gasteiger partial charge in [0.25, 0.3) is 0 Å². The van der Waals surface area contributed by atoms with Crippen LogP contribution in [0.2, 0.25) is 0 Å². The van der Waals surface area contributed by atoms with Crippen molar-refractivity contribution in [3.8, 4) is 0 Å². The summed E-state index contributed by atoms with van der Waals surface area (Å²) in [6.45, 7) is 7.34. The predicted octanol–water partition coefficient (Wildman–Crippen LogP) is 5.83. The Morgan fingerprint density at radius 1 is 0.457 bits per heavy atom. The first-order valence-electron chi connectivity index (χ1n) is 15.6. The van der Waals surface area contributed by atoms with E-state index < -0.39 is 5.97 Å². The summed E-state index contributed by atoms with van der Waals surface area (Å²) in [6.07, 6.45) is 33.0. The van der Waals surface area contributed by atoms with E-state index in [9.17, 15) is 9.90 Å². The molecule has 0 aliphatic rings. The number of aliphatic carboxylic acids is 1. The minimum atomic E-state index is -0.908. The zero-order chi connectivity index (χ0) is 25.0. The fourth-order valence-corrected chi connectivity index (χ4v) is 4.94. The summed E-state index contributed by atoms with van der Waals surface area (Å²) < 4.78 is 0. The molecule has 0 N–H and O–H groups in total. The van der Waals surface area contributed by atoms with Gasteiger partial charge in [-0.1, -0.05) is 155 Å². The van der Waals surface area contributed by atoms with Crippen LogP contribution in [-0.4, -0.2) is 30.5 Å². The van der Waals surface area contributed by atoms with Gasteiger partial charge < -0.3 is 14.8 Å². The summed E-state index contributed by atoms with van der Waals surface area (Å²) in [5, 5.41) is 10.9. The molecule has 0 atom stereocenters. The third-order valence-corrected chi connectivity index (χ3v) is 7.29. The quantitative estimate of drug-likeness (QED) is 0.0984. The largest absolute Gasteiger partial charge is 1.00 e. The van der Waals surface area contributed by atoms with Crippen molar-refractivity contribution in [2.24, 2.45) is 0 Å². The second kappa shape index (κ2) is 32.1. The summed E-state index contributed by atoms with van der Waals surface area (Å²) in [4.78, 5) is 13.3. The van der Waals surface area contributed by atoms with E-state index in [1.165, 1.54) is 154 Å². The first-order valence-corrected chi connectivity index (χ1v) is 15.6. The number of rotatable bonds is 29. The van der Waals surface area contributed by atoms with Gasteiger partial charge in [0, 0.05) is 12.5 Å². The Kier molecular flexibility index (Phi) is 34.1. The van der Waals surface area contributed by atoms with Crippen LogP contribution in [0.25, 0.3) is 0 Å². The van der Waals surface area contributed by atoms with Gasteiger partial charge in [0.15, 0.2) is 0 Å². The summed E-state index contributed by atoms with van der Waals surface area (Å²) in [5.41, 5.74) is 0. The topological polar surface area (TPSA) is 43.4 Å². The molecule has 0 heterocycles. The Bertz CT molecular complexity index is 377. The number of carbonyl (C=O) groups is 1. The SMILES string of the molecule is CCCCCCCCCCCCCCN(CCCCCCCCCCCCCC)CCC(=O)[O-].[Li+]. The van der Waals surface area contributed by atoms with Crippen molar-refractivity contribution in [1.82, 2.24) is 4.90 Å². The third kappa shape index (κ3) is 32.0. The summed E-state index contributed by atoms with van der Waals surface area (Å²) in [7, 11) is 0. The van der Waals surface area contributed by atoms with Crippen LogP contribution in [0.3, 0.4) is 0 Å². The normalized spacial score (nSPS) is 11.2. The van der Waals surface area contributed by atoms with Gasteiger partial charge in [0.2, 0.25) is 0 Å². The van der Waals surface area contributed by atoms with Gasteiger partial charge in [0.05, 0.1) is 0 Å². The van der Waals surface area contributed by atoms with Crippen LogP contribution in [0.5, 0.6) is 0 Å². The summed E-state index contributed by atoms with van der Waals surface area (Å²) >= 11 is 0. The second-order valence-electron chi connectivity index (χ2n) is 10.7. The molecule has 0 radical (unpaired) electrons. The number of nitrogens with zero attached hydrogens (tertiary/aromatic N) is 1. The van der Waals surface area contributed by atoms with Crippen molar-refractivity contribution in [2.75, 3.05) is 19.6 Å². The molecule has 0 fully saturated rings. The Labute approximate surface area is 233 Å². The van der Waals surface area contributed by atoms with Crippen LogP contribution in [0.1, 0.15) is 174 Å². The molecule has 0 rings (SSSR count). The minimum Gasteiger partial charge on any atom is -0.550 e. The van der Waals surface area contributed by atoms with Gasteiger partial charge in [-0.05, 0) is 32.4 Å². The van der Waals surface area contributed by atoms with Crippen molar-refractivity contribution in [1.29, 1.82) is 0 Å². The molecule has 0 aromatic carbocycles. The van der Waals surface area contributed by atoms with Crippen molar-refractivity contribution in [3.05, 3.63) is 0 Å². The van der Waals surface area contributed by atoms with Crippen LogP contribution < -0.4 is 24.0 Å². The van der Waals surface area contributed by atoms with Crippen LogP contribution in [-0.2, 0) is 4.79 Å². The fraction of sp³-hybridized carbons (Fsp3) is 0.968. The average Bonchev–Trinajstić information content (AvgIpc) is 2.83. The Morgan fingerprint density at radius 2 is 0.714 bits per heavy atom. The van der Waals surface area contributed by atoms with Crippen LogP contribution >= 0.6 is 0 Å². The molecule has 0 aliphatic heterocycles. The molecule has 204 valence electrons. The number of unbranched alkanes of at least 4 members (excludes halogenated alkanes) is 22. The average molecular weight is 488 g/mol. The number of carboxylic acids is 1. The molecule has 0 saturated heterocycles. The fourth-order valence-electron chi connectivity index (χ4n) is 4.94. The molecule has 0 aliphatic carbocycles. The van der Waals surface area contributed by atoms with Gasteiger partial charge >= 0.3 is 18.9 Å². The summed E-state index contributed by atoms with van der Waals surface area (Å²) in [6, 6.07) is 0. The van der Waals surface area contributed by atoms with E-state index in [0.717, 1.165) is 13.1 Å². The third-order valence-electron chi connectivity index (χ3n) is 7.29. The number of carbonyl (C=O) groups excluding carboxylic acids is 1. The van der Waals surface area contributed by atoms with Crippen molar-refractivity contribution in [2.45, 2.75) is 174 Å². The van der Waals surface area contributed by atoms with E-state index in [1.54, 1.807) is 0 Å². The molecule has 0 saturated carbocycles. The van der Waals surface area contributed by atoms with E-state index >= 15 is 0 Å². The zero-order valence-corrected chi connectivity index (χ0v) is 24.6. The van der Waals surface area contributed by atoms with E-state index in [4.69, 9.17) is 0 Å². The van der Waals surface area contributed by atoms with Crippen LogP contribution in [0.4, 0.5) is 0 Å². The molecule has 0 aromatic rings. The molecular formula is C31H62LiNO2. The van der Waals surface area contributed by atoms with E-state index in [2.05, 4.69) is 18.7 Å². The smallest absolute Gasteiger partial charge is 0.550 e. The van der Waals surface area contributed by atoms with E-state index in [0.29, 0.717) is 6.54 Å². The summed E-state index contributed by atoms with van der Waals surface area (Å²) in [5.74, 6) is -0.908. The predicted molar refractivity (Wildman–Crippen MR) is 148 cm³/mol. The van der Waals surface area contributed by atoms with Crippen molar-refractivity contribution >= 4 is 5.97 Å². The zero-order valence-electron chi connectivity index (χ0n) is 24.6. The van der Waals surface area contributed by atoms with Crippen molar-refractivity contribution < 1.29 is 28.8 Å². The second-order valence-corrected chi connectivity index (χ2v) is 10.7. The van der Waals surface area contributed by atoms with Gasteiger partial charge in [-0.25, -0.2) is 0 Å². The number of hydrogen-bond acceptors (Lipinski definition) is 3. The molecule has 3 nitrogen and oxygen atoms in total. The monoisotopic (exact) mass is 487 g/mol. The van der Waals surface area contributed by atoms with Gasteiger partial charge in [-0.2, -0.15) is 0 Å². The van der Waals surface area contributed by atoms with Gasteiger partial charge in [-0.15, -0.1) is 0 Å². The van der Waals surface area contributed by atoms with Gasteiger partial charge in [-0.3, -0.25) is 0 Å². The standard InChI is InChI=1S/C31H63NO2.Li/c1-3-5-7-9-11-13-15-17-19-21-23-25-28-32(30-27-31(33)34)29-26-24-22-20-18-16-14-12-10-8-6-4-2;/h3-30H2,1-2H3,(H,33,34);/q;+1/p-1. The van der Waals surface area contributed by atoms with Crippen LogP contribution in [0, 0.1) is 0 Å². The molecular weight excluding hydrogens is 425 g/mol. The Morgan fingerprint density at radius 3 is 0.971 bits per heavy atom. The first-order chi connectivity index (χ1) is 16.7. The Hall–Kier alpha value is 0.0274. The minimum absolute atomic E-state index is 0. The maximum atomic E-state index is 10.9.